The van der Waals surface area contributed by atoms with Crippen molar-refractivity contribution in [2.75, 3.05) is 23.3 Å². The van der Waals surface area contributed by atoms with Gasteiger partial charge in [0.25, 0.3) is 0 Å². The van der Waals surface area contributed by atoms with Crippen LogP contribution in [-0.4, -0.2) is 33.9 Å². The molecule has 7 nitrogen and oxygen atoms in total. The molecule has 0 radical (unpaired) electrons. The molecule has 0 bridgehead atoms. The van der Waals surface area contributed by atoms with E-state index in [0.717, 1.165) is 25.1 Å². The van der Waals surface area contributed by atoms with Crippen LogP contribution in [0.5, 0.6) is 11.6 Å². The van der Waals surface area contributed by atoms with Gasteiger partial charge in [-0.05, 0) is 62.1 Å². The highest BCUT2D eigenvalue weighted by atomic mass is 16.5. The van der Waals surface area contributed by atoms with Crippen molar-refractivity contribution in [1.29, 1.82) is 0 Å². The van der Waals surface area contributed by atoms with Crippen LogP contribution in [0.15, 0.2) is 55.0 Å². The first kappa shape index (κ1) is 19.8. The molecule has 1 N–H and O–H groups in total. The summed E-state index contributed by atoms with van der Waals surface area (Å²) in [6, 6.07) is 11.3. The van der Waals surface area contributed by atoms with Gasteiger partial charge in [0.2, 0.25) is 17.7 Å². The minimum atomic E-state index is -0.117. The molecule has 1 aliphatic rings. The third kappa shape index (κ3) is 4.74. The number of anilines is 2. The molecular formula is C23H25N5O2. The lowest BCUT2D eigenvalue weighted by molar-refractivity contribution is -0.120. The van der Waals surface area contributed by atoms with Crippen molar-refractivity contribution in [3.63, 3.8) is 0 Å². The lowest BCUT2D eigenvalue weighted by Gasteiger charge is -2.31. The molecule has 1 atom stereocenters. The zero-order valence-corrected chi connectivity index (χ0v) is 17.2. The number of aromatic nitrogens is 3. The Morgan fingerprint density at radius 3 is 2.67 bits per heavy atom. The lowest BCUT2D eigenvalue weighted by Crippen LogP contribution is -2.41. The Morgan fingerprint density at radius 2 is 1.93 bits per heavy atom. The van der Waals surface area contributed by atoms with Crippen molar-refractivity contribution >= 4 is 17.5 Å². The number of aryl methyl sites for hydroxylation is 2. The van der Waals surface area contributed by atoms with Gasteiger partial charge in [-0.1, -0.05) is 6.07 Å². The first-order valence-electron chi connectivity index (χ1n) is 10.1. The minimum Gasteiger partial charge on any atom is -0.439 e. The first-order valence-corrected chi connectivity index (χ1v) is 10.1. The summed E-state index contributed by atoms with van der Waals surface area (Å²) in [5, 5.41) is 2.97. The summed E-state index contributed by atoms with van der Waals surface area (Å²) in [6.07, 6.45) is 6.83. The summed E-state index contributed by atoms with van der Waals surface area (Å²) in [5.74, 6) is 1.77. The summed E-state index contributed by atoms with van der Waals surface area (Å²) in [6.45, 7) is 5.58. The van der Waals surface area contributed by atoms with Crippen LogP contribution in [0.25, 0.3) is 0 Å². The van der Waals surface area contributed by atoms with E-state index in [9.17, 15) is 4.79 Å². The molecule has 3 heterocycles. The number of hydrogen-bond donors (Lipinski definition) is 1. The summed E-state index contributed by atoms with van der Waals surface area (Å²) in [7, 11) is 0. The van der Waals surface area contributed by atoms with Crippen LogP contribution in [-0.2, 0) is 4.79 Å². The minimum absolute atomic E-state index is 0.0136. The number of amides is 1. The van der Waals surface area contributed by atoms with E-state index < -0.39 is 0 Å². The van der Waals surface area contributed by atoms with Crippen molar-refractivity contribution in [2.45, 2.75) is 26.7 Å². The van der Waals surface area contributed by atoms with Crippen molar-refractivity contribution in [2.24, 2.45) is 5.92 Å². The first-order chi connectivity index (χ1) is 14.6. The Labute approximate surface area is 176 Å². The number of benzene rings is 1. The van der Waals surface area contributed by atoms with Crippen molar-refractivity contribution in [3.8, 4) is 11.6 Å². The van der Waals surface area contributed by atoms with Gasteiger partial charge in [0.05, 0.1) is 17.8 Å². The molecule has 4 rings (SSSR count). The smallest absolute Gasteiger partial charge is 0.229 e. The van der Waals surface area contributed by atoms with E-state index in [1.165, 1.54) is 11.1 Å². The third-order valence-electron chi connectivity index (χ3n) is 5.33. The Balaban J connectivity index is 1.35. The molecule has 1 saturated heterocycles. The summed E-state index contributed by atoms with van der Waals surface area (Å²) in [5.41, 5.74) is 3.04. The maximum absolute atomic E-state index is 12.8. The Bertz CT molecular complexity index is 1010. The molecule has 1 aromatic carbocycles. The highest BCUT2D eigenvalue weighted by Gasteiger charge is 2.27. The number of hydrogen-bond acceptors (Lipinski definition) is 6. The van der Waals surface area contributed by atoms with Gasteiger partial charge in [0, 0.05) is 31.5 Å². The van der Waals surface area contributed by atoms with E-state index in [0.29, 0.717) is 24.1 Å². The number of nitrogens with zero attached hydrogens (tertiary/aromatic N) is 4. The second-order valence-corrected chi connectivity index (χ2v) is 7.56. The molecule has 0 spiro atoms. The number of rotatable bonds is 5. The van der Waals surface area contributed by atoms with Crippen molar-refractivity contribution < 1.29 is 9.53 Å². The van der Waals surface area contributed by atoms with E-state index in [4.69, 9.17) is 4.74 Å². The molecule has 3 aromatic rings. The van der Waals surface area contributed by atoms with Gasteiger partial charge < -0.3 is 15.0 Å². The highest BCUT2D eigenvalue weighted by Crippen LogP contribution is 2.24. The molecule has 1 fully saturated rings. The third-order valence-corrected chi connectivity index (χ3v) is 5.33. The molecule has 2 aromatic heterocycles. The van der Waals surface area contributed by atoms with Gasteiger partial charge in [-0.15, -0.1) is 0 Å². The lowest BCUT2D eigenvalue weighted by atomic mass is 9.97. The van der Waals surface area contributed by atoms with E-state index >= 15 is 0 Å². The van der Waals surface area contributed by atoms with E-state index in [2.05, 4.69) is 32.1 Å². The molecule has 0 unspecified atom stereocenters. The van der Waals surface area contributed by atoms with Crippen molar-refractivity contribution in [1.82, 2.24) is 15.0 Å². The van der Waals surface area contributed by atoms with Gasteiger partial charge in [-0.2, -0.15) is 0 Å². The Hall–Kier alpha value is -3.48. The average Bonchev–Trinajstić information content (AvgIpc) is 2.78. The molecule has 30 heavy (non-hydrogen) atoms. The number of piperidine rings is 1. The summed E-state index contributed by atoms with van der Waals surface area (Å²) in [4.78, 5) is 27.7. The quantitative estimate of drug-likeness (QED) is 0.690. The zero-order valence-electron chi connectivity index (χ0n) is 17.2. The van der Waals surface area contributed by atoms with Crippen molar-refractivity contribution in [3.05, 3.63) is 66.1 Å². The van der Waals surface area contributed by atoms with Crippen LogP contribution < -0.4 is 15.0 Å². The maximum Gasteiger partial charge on any atom is 0.229 e. The summed E-state index contributed by atoms with van der Waals surface area (Å²) < 4.78 is 5.81. The molecule has 0 saturated carbocycles. The molecule has 0 aliphatic carbocycles. The predicted octanol–water partition coefficient (Wildman–Crippen LogP) is 4.14. The Kier molecular flexibility index (Phi) is 5.88. The largest absolute Gasteiger partial charge is 0.439 e. The number of nitrogens with one attached hydrogen (secondary N) is 1. The van der Waals surface area contributed by atoms with Crippen LogP contribution in [0, 0.1) is 19.8 Å². The fourth-order valence-electron chi connectivity index (χ4n) is 3.48. The van der Waals surface area contributed by atoms with Crippen LogP contribution in [0.1, 0.15) is 24.0 Å². The fraction of sp³-hybridized carbons (Fsp3) is 0.304. The van der Waals surface area contributed by atoms with E-state index in [1.54, 1.807) is 30.7 Å². The monoisotopic (exact) mass is 403 g/mol. The van der Waals surface area contributed by atoms with Gasteiger partial charge in [-0.25, -0.2) is 15.0 Å². The van der Waals surface area contributed by atoms with Crippen LogP contribution >= 0.6 is 0 Å². The van der Waals surface area contributed by atoms with E-state index in [1.807, 2.05) is 31.2 Å². The maximum atomic E-state index is 12.8. The highest BCUT2D eigenvalue weighted by molar-refractivity contribution is 5.92. The zero-order chi connectivity index (χ0) is 20.9. The molecule has 154 valence electrons. The van der Waals surface area contributed by atoms with Gasteiger partial charge in [0.1, 0.15) is 5.75 Å². The van der Waals surface area contributed by atoms with Gasteiger partial charge in [-0.3, -0.25) is 4.79 Å². The number of ether oxygens (including phenoxy) is 1. The van der Waals surface area contributed by atoms with Crippen LogP contribution in [0.2, 0.25) is 0 Å². The normalized spacial score (nSPS) is 16.2. The number of carbonyl (C=O) groups is 1. The standard InChI is InChI=1S/C23H25N5O2/c1-16-6-8-20(13-17(16)2)30-21-9-7-19(14-26-21)27-22(29)18-5-3-12-28(15-18)23-24-10-4-11-25-23/h4,6-11,13-14,18H,3,5,12,15H2,1-2H3,(H,27,29)/t18-/m0/s1. The predicted molar refractivity (Wildman–Crippen MR) is 116 cm³/mol. The molecular weight excluding hydrogens is 378 g/mol. The number of pyridine rings is 1. The van der Waals surface area contributed by atoms with E-state index in [-0.39, 0.29) is 11.8 Å². The second-order valence-electron chi connectivity index (χ2n) is 7.56. The van der Waals surface area contributed by atoms with Gasteiger partial charge in [0.15, 0.2) is 0 Å². The average molecular weight is 403 g/mol. The molecule has 1 aliphatic heterocycles. The SMILES string of the molecule is Cc1ccc(Oc2ccc(NC(=O)[C@H]3CCCN(c4ncccn4)C3)cn2)cc1C. The van der Waals surface area contributed by atoms with Crippen LogP contribution in [0.4, 0.5) is 11.6 Å². The summed E-state index contributed by atoms with van der Waals surface area (Å²) >= 11 is 0. The topological polar surface area (TPSA) is 80.2 Å². The molecule has 1 amide bonds. The Morgan fingerprint density at radius 1 is 1.10 bits per heavy atom. The number of carbonyl (C=O) groups excluding carboxylic acids is 1. The molecule has 7 heteroatoms. The fourth-order valence-corrected chi connectivity index (χ4v) is 3.48. The van der Waals surface area contributed by atoms with Gasteiger partial charge >= 0.3 is 0 Å². The van der Waals surface area contributed by atoms with Crippen LogP contribution in [0.3, 0.4) is 0 Å². The second kappa shape index (κ2) is 8.90.